The Kier molecular flexibility index (Phi) is 3.49. The van der Waals surface area contributed by atoms with E-state index in [2.05, 4.69) is 15.0 Å². The lowest BCUT2D eigenvalue weighted by Crippen LogP contribution is -2.14. The van der Waals surface area contributed by atoms with Crippen molar-refractivity contribution in [3.05, 3.63) is 46.3 Å². The summed E-state index contributed by atoms with van der Waals surface area (Å²) in [6, 6.07) is 3.72. The third-order valence-corrected chi connectivity index (χ3v) is 2.59. The van der Waals surface area contributed by atoms with Crippen LogP contribution < -0.4 is 5.56 Å². The van der Waals surface area contributed by atoms with E-state index in [0.29, 0.717) is 28.8 Å². The summed E-state index contributed by atoms with van der Waals surface area (Å²) in [6.07, 6.45) is 5.97. The fourth-order valence-corrected chi connectivity index (χ4v) is 1.79. The fraction of sp³-hybridized carbons (Fsp3) is 0.231. The van der Waals surface area contributed by atoms with Crippen molar-refractivity contribution in [2.45, 2.75) is 19.8 Å². The van der Waals surface area contributed by atoms with Gasteiger partial charge in [-0.2, -0.15) is 5.26 Å². The normalized spacial score (nSPS) is 10.0. The summed E-state index contributed by atoms with van der Waals surface area (Å²) in [5.41, 5.74) is 2.26. The van der Waals surface area contributed by atoms with Gasteiger partial charge in [-0.1, -0.05) is 13.3 Å². The second-order valence-electron chi connectivity index (χ2n) is 3.88. The Balaban J connectivity index is 2.60. The minimum Gasteiger partial charge on any atom is -0.313 e. The van der Waals surface area contributed by atoms with Crippen LogP contribution in [0.15, 0.2) is 29.6 Å². The monoisotopic (exact) mass is 240 g/mol. The summed E-state index contributed by atoms with van der Waals surface area (Å²) in [7, 11) is 0. The molecule has 0 radical (unpaired) electrons. The molecule has 2 heterocycles. The molecule has 5 nitrogen and oxygen atoms in total. The average molecular weight is 240 g/mol. The first-order chi connectivity index (χ1) is 8.76. The number of nitrogens with one attached hydrogen (secondary N) is 1. The Labute approximate surface area is 104 Å². The van der Waals surface area contributed by atoms with E-state index < -0.39 is 0 Å². The van der Waals surface area contributed by atoms with Crippen LogP contribution in [0, 0.1) is 11.3 Å². The molecule has 2 rings (SSSR count). The van der Waals surface area contributed by atoms with Crippen molar-refractivity contribution >= 4 is 0 Å². The molecule has 0 aliphatic carbocycles. The Hall–Kier alpha value is -2.48. The number of nitriles is 1. The lowest BCUT2D eigenvalue weighted by molar-refractivity contribution is 0.888. The van der Waals surface area contributed by atoms with Gasteiger partial charge in [0.25, 0.3) is 5.56 Å². The van der Waals surface area contributed by atoms with E-state index in [9.17, 15) is 4.79 Å². The minimum atomic E-state index is -0.135. The highest BCUT2D eigenvalue weighted by molar-refractivity contribution is 5.63. The second-order valence-corrected chi connectivity index (χ2v) is 3.88. The van der Waals surface area contributed by atoms with E-state index >= 15 is 0 Å². The molecule has 90 valence electrons. The van der Waals surface area contributed by atoms with Crippen LogP contribution in [0.1, 0.15) is 24.5 Å². The van der Waals surface area contributed by atoms with E-state index in [1.54, 1.807) is 12.3 Å². The molecule has 0 saturated heterocycles. The Morgan fingerprint density at radius 2 is 2.28 bits per heavy atom. The maximum atomic E-state index is 11.8. The fourth-order valence-electron chi connectivity index (χ4n) is 1.79. The first kappa shape index (κ1) is 12.0. The van der Waals surface area contributed by atoms with Crippen molar-refractivity contribution < 1.29 is 0 Å². The predicted octanol–water partition coefficient (Wildman–Crippen LogP) is 1.66. The van der Waals surface area contributed by atoms with Gasteiger partial charge in [0.05, 0.1) is 17.6 Å². The summed E-state index contributed by atoms with van der Waals surface area (Å²) in [5, 5.41) is 8.86. The number of rotatable bonds is 3. The van der Waals surface area contributed by atoms with Crippen molar-refractivity contribution in [3.63, 3.8) is 0 Å². The summed E-state index contributed by atoms with van der Waals surface area (Å²) < 4.78 is 0. The summed E-state index contributed by atoms with van der Waals surface area (Å²) in [5.74, 6) is 0. The summed E-state index contributed by atoms with van der Waals surface area (Å²) in [4.78, 5) is 22.5. The highest BCUT2D eigenvalue weighted by atomic mass is 16.1. The smallest absolute Gasteiger partial charge is 0.254 e. The first-order valence-electron chi connectivity index (χ1n) is 5.68. The van der Waals surface area contributed by atoms with Crippen molar-refractivity contribution in [1.82, 2.24) is 15.0 Å². The van der Waals surface area contributed by atoms with Gasteiger partial charge < -0.3 is 4.98 Å². The topological polar surface area (TPSA) is 82.4 Å². The highest BCUT2D eigenvalue weighted by Crippen LogP contribution is 2.19. The molecule has 0 amide bonds. The molecular weight excluding hydrogens is 228 g/mol. The van der Waals surface area contributed by atoms with E-state index in [-0.39, 0.29) is 5.56 Å². The van der Waals surface area contributed by atoms with Crippen LogP contribution in [0.2, 0.25) is 0 Å². The van der Waals surface area contributed by atoms with Crippen LogP contribution in [-0.2, 0) is 6.42 Å². The maximum Gasteiger partial charge on any atom is 0.254 e. The van der Waals surface area contributed by atoms with Crippen LogP contribution in [0.3, 0.4) is 0 Å². The lowest BCUT2D eigenvalue weighted by atomic mass is 10.0. The van der Waals surface area contributed by atoms with Gasteiger partial charge in [0, 0.05) is 23.5 Å². The zero-order chi connectivity index (χ0) is 13.0. The van der Waals surface area contributed by atoms with Crippen LogP contribution in [0.5, 0.6) is 0 Å². The quantitative estimate of drug-likeness (QED) is 0.884. The van der Waals surface area contributed by atoms with Gasteiger partial charge >= 0.3 is 0 Å². The lowest BCUT2D eigenvalue weighted by Gasteiger charge is -2.06. The second kappa shape index (κ2) is 5.23. The number of pyridine rings is 1. The molecule has 0 aliphatic rings. The molecule has 1 N–H and O–H groups in total. The third kappa shape index (κ3) is 2.28. The third-order valence-electron chi connectivity index (χ3n) is 2.59. The molecule has 0 aliphatic heterocycles. The van der Waals surface area contributed by atoms with Gasteiger partial charge in [-0.25, -0.2) is 4.98 Å². The SMILES string of the molecule is CCCc1c(-c2cncc(C#N)c2)nc[nH]c1=O. The Bertz CT molecular complexity index is 655. The molecule has 0 fully saturated rings. The number of H-pyrrole nitrogens is 1. The largest absolute Gasteiger partial charge is 0.313 e. The number of aromatic nitrogens is 3. The molecule has 0 unspecified atom stereocenters. The summed E-state index contributed by atoms with van der Waals surface area (Å²) >= 11 is 0. The van der Waals surface area contributed by atoms with Gasteiger partial charge in [0.2, 0.25) is 0 Å². The molecule has 0 spiro atoms. The average Bonchev–Trinajstić information content (AvgIpc) is 2.41. The number of nitrogens with zero attached hydrogens (tertiary/aromatic N) is 3. The molecule has 18 heavy (non-hydrogen) atoms. The molecule has 5 heteroatoms. The first-order valence-corrected chi connectivity index (χ1v) is 5.68. The van der Waals surface area contributed by atoms with Gasteiger partial charge in [0.15, 0.2) is 0 Å². The standard InChI is InChI=1S/C13H12N4O/c1-2-3-11-12(16-8-17-13(11)18)10-4-9(5-14)6-15-7-10/h4,6-8H,2-3H2,1H3,(H,16,17,18). The van der Waals surface area contributed by atoms with Gasteiger partial charge in [0.1, 0.15) is 6.07 Å². The van der Waals surface area contributed by atoms with Crippen molar-refractivity contribution in [2.75, 3.05) is 0 Å². The minimum absolute atomic E-state index is 0.135. The zero-order valence-corrected chi connectivity index (χ0v) is 9.97. The van der Waals surface area contributed by atoms with Crippen LogP contribution in [0.4, 0.5) is 0 Å². The number of hydrogen-bond acceptors (Lipinski definition) is 4. The van der Waals surface area contributed by atoms with E-state index in [0.717, 1.165) is 6.42 Å². The van der Waals surface area contributed by atoms with Crippen molar-refractivity contribution in [3.8, 4) is 17.3 Å². The number of hydrogen-bond donors (Lipinski definition) is 1. The maximum absolute atomic E-state index is 11.8. The Morgan fingerprint density at radius 3 is 3.00 bits per heavy atom. The van der Waals surface area contributed by atoms with Crippen LogP contribution in [0.25, 0.3) is 11.3 Å². The van der Waals surface area contributed by atoms with Crippen LogP contribution >= 0.6 is 0 Å². The van der Waals surface area contributed by atoms with Crippen molar-refractivity contribution in [1.29, 1.82) is 5.26 Å². The van der Waals surface area contributed by atoms with E-state index in [1.165, 1.54) is 12.5 Å². The van der Waals surface area contributed by atoms with Gasteiger partial charge in [-0.15, -0.1) is 0 Å². The molecular formula is C13H12N4O. The molecule has 0 saturated carbocycles. The van der Waals surface area contributed by atoms with E-state index in [1.807, 2.05) is 13.0 Å². The molecule has 2 aromatic heterocycles. The van der Waals surface area contributed by atoms with Gasteiger partial charge in [-0.05, 0) is 12.5 Å². The molecule has 2 aromatic rings. The molecule has 0 bridgehead atoms. The summed E-state index contributed by atoms with van der Waals surface area (Å²) in [6.45, 7) is 2.00. The predicted molar refractivity (Wildman–Crippen MR) is 66.8 cm³/mol. The number of aromatic amines is 1. The molecule has 0 atom stereocenters. The Morgan fingerprint density at radius 1 is 1.44 bits per heavy atom. The van der Waals surface area contributed by atoms with Gasteiger partial charge in [-0.3, -0.25) is 9.78 Å². The zero-order valence-electron chi connectivity index (χ0n) is 9.97. The molecule has 0 aromatic carbocycles. The van der Waals surface area contributed by atoms with Crippen molar-refractivity contribution in [2.24, 2.45) is 0 Å². The highest BCUT2D eigenvalue weighted by Gasteiger charge is 2.10. The van der Waals surface area contributed by atoms with E-state index in [4.69, 9.17) is 5.26 Å². The van der Waals surface area contributed by atoms with Crippen LogP contribution in [-0.4, -0.2) is 15.0 Å².